The van der Waals surface area contributed by atoms with E-state index in [1.54, 1.807) is 11.1 Å². The summed E-state index contributed by atoms with van der Waals surface area (Å²) in [5.41, 5.74) is 3.20. The zero-order chi connectivity index (χ0) is 26.8. The molecule has 2 aliphatic rings. The van der Waals surface area contributed by atoms with Gasteiger partial charge in [-0.25, -0.2) is 13.2 Å². The Balaban J connectivity index is 1.17. The summed E-state index contributed by atoms with van der Waals surface area (Å²) in [7, 11) is 0. The fraction of sp³-hybridized carbons (Fsp3) is 0.393. The lowest BCUT2D eigenvalue weighted by atomic mass is 9.85. The van der Waals surface area contributed by atoms with Gasteiger partial charge in [-0.15, -0.1) is 0 Å². The number of carbonyl (C=O) groups excluding carboxylic acids is 1. The molecule has 1 unspecified atom stereocenters. The zero-order valence-electron chi connectivity index (χ0n) is 20.7. The second-order valence-electron chi connectivity index (χ2n) is 10.0. The highest BCUT2D eigenvalue weighted by molar-refractivity contribution is 5.91. The topological polar surface area (TPSA) is 89.5 Å². The molecule has 3 aromatic rings. The summed E-state index contributed by atoms with van der Waals surface area (Å²) in [4.78, 5) is 36.3. The molecule has 0 aliphatic carbocycles. The van der Waals surface area contributed by atoms with Crippen molar-refractivity contribution in [1.82, 2.24) is 19.8 Å². The van der Waals surface area contributed by atoms with E-state index in [1.807, 2.05) is 18.3 Å². The third-order valence-electron chi connectivity index (χ3n) is 7.80. The van der Waals surface area contributed by atoms with E-state index in [0.29, 0.717) is 44.9 Å². The highest BCUT2D eigenvalue weighted by Crippen LogP contribution is 2.35. The maximum Gasteiger partial charge on any atom is 0.321 e. The number of aromatic nitrogens is 2. The van der Waals surface area contributed by atoms with Gasteiger partial charge in [0, 0.05) is 31.6 Å². The maximum absolute atomic E-state index is 13.4. The molecular formula is C28H29F3N4O3. The molecule has 5 rings (SSSR count). The largest absolute Gasteiger partial charge is 0.480 e. The molecule has 2 aromatic heterocycles. The molecule has 38 heavy (non-hydrogen) atoms. The average molecular weight is 527 g/mol. The number of pyridine rings is 1. The van der Waals surface area contributed by atoms with Crippen molar-refractivity contribution in [3.8, 4) is 0 Å². The molecule has 1 aromatic carbocycles. The minimum Gasteiger partial charge on any atom is -0.480 e. The number of benzene rings is 1. The number of carboxylic acid groups (broad SMARTS) is 1. The van der Waals surface area contributed by atoms with Crippen molar-refractivity contribution in [2.45, 2.75) is 37.6 Å². The fourth-order valence-electron chi connectivity index (χ4n) is 5.81. The van der Waals surface area contributed by atoms with Crippen LogP contribution in [0.25, 0.3) is 17.1 Å². The molecule has 0 spiro atoms. The monoisotopic (exact) mass is 526 g/mol. The standard InChI is InChI=1S/C28H29F3N4O3/c29-21-14-17(15-22(30)25(21)31)3-4-24(36)34-10-7-19(8-11-34)27(28(37)38)35-12-5-18(6-13-35)20-16-33-23-2-1-9-32-26(20)23/h1-4,9,14-16,18-19,27,33H,5-8,10-13H2,(H,37,38). The van der Waals surface area contributed by atoms with Crippen molar-refractivity contribution in [2.24, 2.45) is 5.92 Å². The first-order valence-electron chi connectivity index (χ1n) is 12.8. The molecule has 10 heteroatoms. The molecule has 2 aliphatic heterocycles. The Morgan fingerprint density at radius 3 is 2.39 bits per heavy atom. The van der Waals surface area contributed by atoms with E-state index in [1.165, 1.54) is 17.7 Å². The number of fused-ring (bicyclic) bond motifs is 1. The van der Waals surface area contributed by atoms with E-state index < -0.39 is 29.5 Å². The predicted molar refractivity (Wildman–Crippen MR) is 136 cm³/mol. The molecule has 0 radical (unpaired) electrons. The number of hydrogen-bond acceptors (Lipinski definition) is 4. The van der Waals surface area contributed by atoms with Crippen LogP contribution in [0.15, 0.2) is 42.7 Å². The number of likely N-dealkylation sites (tertiary alicyclic amines) is 2. The Labute approximate surface area is 218 Å². The first kappa shape index (κ1) is 26.0. The number of piperidine rings is 2. The summed E-state index contributed by atoms with van der Waals surface area (Å²) < 4.78 is 40.0. The Hall–Kier alpha value is -3.66. The van der Waals surface area contributed by atoms with Crippen LogP contribution in [0.5, 0.6) is 0 Å². The number of rotatable bonds is 6. The molecule has 1 atom stereocenters. The lowest BCUT2D eigenvalue weighted by Gasteiger charge is -2.41. The van der Waals surface area contributed by atoms with Gasteiger partial charge in [0.15, 0.2) is 17.5 Å². The number of carbonyl (C=O) groups is 2. The van der Waals surface area contributed by atoms with Crippen LogP contribution in [0.1, 0.15) is 42.7 Å². The lowest BCUT2D eigenvalue weighted by Crippen LogP contribution is -2.52. The molecular weight excluding hydrogens is 497 g/mol. The van der Waals surface area contributed by atoms with Crippen LogP contribution in [-0.2, 0) is 9.59 Å². The highest BCUT2D eigenvalue weighted by Gasteiger charge is 2.38. The number of amides is 1. The van der Waals surface area contributed by atoms with Gasteiger partial charge in [0.05, 0.1) is 11.0 Å². The molecule has 2 N–H and O–H groups in total. The summed E-state index contributed by atoms with van der Waals surface area (Å²) in [5.74, 6) is -5.15. The van der Waals surface area contributed by atoms with Gasteiger partial charge < -0.3 is 15.0 Å². The average Bonchev–Trinajstić information content (AvgIpc) is 3.35. The van der Waals surface area contributed by atoms with Gasteiger partial charge in [0.1, 0.15) is 6.04 Å². The summed E-state index contributed by atoms with van der Waals surface area (Å²) in [6, 6.07) is 4.92. The number of carboxylic acids is 1. The van der Waals surface area contributed by atoms with Crippen molar-refractivity contribution in [3.63, 3.8) is 0 Å². The van der Waals surface area contributed by atoms with Crippen LogP contribution in [0.3, 0.4) is 0 Å². The van der Waals surface area contributed by atoms with E-state index in [9.17, 15) is 27.9 Å². The Bertz CT molecular complexity index is 1340. The minimum absolute atomic E-state index is 0.0439. The zero-order valence-corrected chi connectivity index (χ0v) is 20.7. The normalized spacial score (nSPS) is 18.9. The molecule has 2 saturated heterocycles. The Morgan fingerprint density at radius 1 is 1.05 bits per heavy atom. The van der Waals surface area contributed by atoms with Gasteiger partial charge in [-0.3, -0.25) is 19.5 Å². The van der Waals surface area contributed by atoms with E-state index >= 15 is 0 Å². The number of aliphatic carboxylic acids is 1. The summed E-state index contributed by atoms with van der Waals surface area (Å²) in [6.45, 7) is 2.13. The third kappa shape index (κ3) is 5.31. The Kier molecular flexibility index (Phi) is 7.51. The van der Waals surface area contributed by atoms with Crippen molar-refractivity contribution >= 4 is 29.0 Å². The fourth-order valence-corrected chi connectivity index (χ4v) is 5.81. The van der Waals surface area contributed by atoms with E-state index in [-0.39, 0.29) is 17.4 Å². The molecule has 1 amide bonds. The molecule has 0 bridgehead atoms. The first-order chi connectivity index (χ1) is 18.3. The van der Waals surface area contributed by atoms with E-state index in [0.717, 1.165) is 36.0 Å². The van der Waals surface area contributed by atoms with Crippen LogP contribution in [0, 0.1) is 23.4 Å². The van der Waals surface area contributed by atoms with Gasteiger partial charge in [0.25, 0.3) is 0 Å². The van der Waals surface area contributed by atoms with Crippen molar-refractivity contribution in [1.29, 1.82) is 0 Å². The van der Waals surface area contributed by atoms with Crippen LogP contribution >= 0.6 is 0 Å². The second kappa shape index (κ2) is 11.0. The quantitative estimate of drug-likeness (QED) is 0.363. The summed E-state index contributed by atoms with van der Waals surface area (Å²) in [6.07, 6.45) is 9.02. The van der Waals surface area contributed by atoms with Crippen LogP contribution in [-0.4, -0.2) is 69.0 Å². The molecule has 0 saturated carbocycles. The van der Waals surface area contributed by atoms with E-state index in [4.69, 9.17) is 0 Å². The number of aromatic amines is 1. The van der Waals surface area contributed by atoms with Crippen LogP contribution in [0.2, 0.25) is 0 Å². The van der Waals surface area contributed by atoms with Gasteiger partial charge in [-0.1, -0.05) is 0 Å². The SMILES string of the molecule is O=C(O)C(C1CCN(C(=O)C=Cc2cc(F)c(F)c(F)c2)CC1)N1CCC(c2c[nH]c3cccnc23)CC1. The number of halogens is 3. The number of nitrogens with one attached hydrogen (secondary N) is 1. The van der Waals surface area contributed by atoms with Gasteiger partial charge in [-0.05, 0) is 92.1 Å². The third-order valence-corrected chi connectivity index (χ3v) is 7.80. The molecule has 200 valence electrons. The van der Waals surface area contributed by atoms with Gasteiger partial charge in [0.2, 0.25) is 5.91 Å². The maximum atomic E-state index is 13.4. The Morgan fingerprint density at radius 2 is 1.74 bits per heavy atom. The van der Waals surface area contributed by atoms with Crippen molar-refractivity contribution in [3.05, 3.63) is 71.3 Å². The lowest BCUT2D eigenvalue weighted by molar-refractivity contribution is -0.147. The van der Waals surface area contributed by atoms with Gasteiger partial charge >= 0.3 is 5.97 Å². The number of nitrogens with zero attached hydrogens (tertiary/aromatic N) is 3. The van der Waals surface area contributed by atoms with Crippen LogP contribution < -0.4 is 0 Å². The molecule has 4 heterocycles. The second-order valence-corrected chi connectivity index (χ2v) is 10.0. The van der Waals surface area contributed by atoms with Crippen LogP contribution in [0.4, 0.5) is 13.2 Å². The van der Waals surface area contributed by atoms with Gasteiger partial charge in [-0.2, -0.15) is 0 Å². The minimum atomic E-state index is -1.55. The molecule has 7 nitrogen and oxygen atoms in total. The summed E-state index contributed by atoms with van der Waals surface area (Å²) in [5, 5.41) is 10.1. The first-order valence-corrected chi connectivity index (χ1v) is 12.8. The van der Waals surface area contributed by atoms with Crippen molar-refractivity contribution in [2.75, 3.05) is 26.2 Å². The number of hydrogen-bond donors (Lipinski definition) is 2. The highest BCUT2D eigenvalue weighted by atomic mass is 19.2. The smallest absolute Gasteiger partial charge is 0.321 e. The molecule has 2 fully saturated rings. The summed E-state index contributed by atoms with van der Waals surface area (Å²) >= 11 is 0. The number of H-pyrrole nitrogens is 1. The van der Waals surface area contributed by atoms with Crippen molar-refractivity contribution < 1.29 is 27.9 Å². The van der Waals surface area contributed by atoms with E-state index in [2.05, 4.69) is 14.9 Å². The predicted octanol–water partition coefficient (Wildman–Crippen LogP) is 4.56.